The van der Waals surface area contributed by atoms with Crippen LogP contribution in [0.15, 0.2) is 18.2 Å². The van der Waals surface area contributed by atoms with Gasteiger partial charge in [0.25, 0.3) is 0 Å². The van der Waals surface area contributed by atoms with Crippen LogP contribution in [0, 0.1) is 0 Å². The van der Waals surface area contributed by atoms with Gasteiger partial charge in [-0.1, -0.05) is 6.07 Å². The van der Waals surface area contributed by atoms with Crippen LogP contribution in [0.3, 0.4) is 0 Å². The lowest BCUT2D eigenvalue weighted by atomic mass is 9.87. The molecule has 0 heterocycles. The molecule has 1 aromatic rings. The van der Waals surface area contributed by atoms with Gasteiger partial charge in [-0.2, -0.15) is 8.78 Å². The highest BCUT2D eigenvalue weighted by atomic mass is 19.3. The lowest BCUT2D eigenvalue weighted by Crippen LogP contribution is -2.21. The summed E-state index contributed by atoms with van der Waals surface area (Å²) in [5.74, 6) is -0.0763. The third kappa shape index (κ3) is 2.04. The first-order valence-electron chi connectivity index (χ1n) is 4.95. The Balaban J connectivity index is 2.36. The van der Waals surface area contributed by atoms with Crippen molar-refractivity contribution in [2.75, 3.05) is 0 Å². The van der Waals surface area contributed by atoms with Gasteiger partial charge in [0.1, 0.15) is 5.75 Å². The third-order valence-electron chi connectivity index (χ3n) is 2.63. The van der Waals surface area contributed by atoms with Crippen molar-refractivity contribution in [2.45, 2.75) is 25.5 Å². The number of halogens is 2. The SMILES string of the molecule is N[C@H]1CCC(=O)c2cc(OC(F)F)ccc21. The Labute approximate surface area is 91.2 Å². The zero-order valence-electron chi connectivity index (χ0n) is 8.45. The molecule has 1 atom stereocenters. The molecule has 2 rings (SSSR count). The van der Waals surface area contributed by atoms with Crippen molar-refractivity contribution in [2.24, 2.45) is 5.73 Å². The summed E-state index contributed by atoms with van der Waals surface area (Å²) >= 11 is 0. The van der Waals surface area contributed by atoms with E-state index in [1.54, 1.807) is 6.07 Å². The summed E-state index contributed by atoms with van der Waals surface area (Å²) in [4.78, 5) is 11.6. The summed E-state index contributed by atoms with van der Waals surface area (Å²) in [6.07, 6.45) is 0.952. The molecule has 3 nitrogen and oxygen atoms in total. The Bertz CT molecular complexity index is 420. The Morgan fingerprint density at radius 1 is 1.44 bits per heavy atom. The molecule has 0 aliphatic heterocycles. The molecule has 1 aliphatic rings. The van der Waals surface area contributed by atoms with E-state index in [4.69, 9.17) is 5.73 Å². The first-order valence-corrected chi connectivity index (χ1v) is 4.95. The van der Waals surface area contributed by atoms with Crippen LogP contribution < -0.4 is 10.5 Å². The van der Waals surface area contributed by atoms with E-state index in [1.165, 1.54) is 12.1 Å². The molecule has 0 aromatic heterocycles. The number of rotatable bonds is 2. The zero-order chi connectivity index (χ0) is 11.7. The highest BCUT2D eigenvalue weighted by Crippen LogP contribution is 2.30. The van der Waals surface area contributed by atoms with Gasteiger partial charge in [-0.05, 0) is 24.1 Å². The lowest BCUT2D eigenvalue weighted by Gasteiger charge is -2.21. The van der Waals surface area contributed by atoms with E-state index in [0.717, 1.165) is 0 Å². The van der Waals surface area contributed by atoms with E-state index in [0.29, 0.717) is 24.0 Å². The van der Waals surface area contributed by atoms with Crippen LogP contribution in [-0.2, 0) is 0 Å². The average Bonchev–Trinajstić information content (AvgIpc) is 2.23. The molecule has 86 valence electrons. The Morgan fingerprint density at radius 2 is 2.19 bits per heavy atom. The van der Waals surface area contributed by atoms with Crippen molar-refractivity contribution in [1.29, 1.82) is 0 Å². The maximum absolute atomic E-state index is 12.0. The summed E-state index contributed by atoms with van der Waals surface area (Å²) in [5.41, 5.74) is 6.92. The van der Waals surface area contributed by atoms with Gasteiger partial charge in [-0.3, -0.25) is 4.79 Å². The zero-order valence-corrected chi connectivity index (χ0v) is 8.45. The summed E-state index contributed by atoms with van der Waals surface area (Å²) < 4.78 is 28.2. The summed E-state index contributed by atoms with van der Waals surface area (Å²) in [6.45, 7) is -2.88. The van der Waals surface area contributed by atoms with Gasteiger partial charge < -0.3 is 10.5 Å². The molecule has 0 saturated heterocycles. The first-order chi connectivity index (χ1) is 7.58. The maximum atomic E-state index is 12.0. The summed E-state index contributed by atoms with van der Waals surface area (Å²) in [7, 11) is 0. The molecule has 0 fully saturated rings. The minimum atomic E-state index is -2.88. The predicted molar refractivity (Wildman–Crippen MR) is 53.6 cm³/mol. The summed E-state index contributed by atoms with van der Waals surface area (Å²) in [5, 5.41) is 0. The van der Waals surface area contributed by atoms with E-state index >= 15 is 0 Å². The second-order valence-electron chi connectivity index (χ2n) is 3.70. The largest absolute Gasteiger partial charge is 0.435 e. The van der Waals surface area contributed by atoms with Gasteiger partial charge in [0.05, 0.1) is 0 Å². The van der Waals surface area contributed by atoms with Crippen LogP contribution in [0.4, 0.5) is 8.78 Å². The Kier molecular flexibility index (Phi) is 2.87. The number of ketones is 1. The van der Waals surface area contributed by atoms with E-state index in [2.05, 4.69) is 4.74 Å². The van der Waals surface area contributed by atoms with Gasteiger partial charge >= 0.3 is 6.61 Å². The fourth-order valence-electron chi connectivity index (χ4n) is 1.85. The lowest BCUT2D eigenvalue weighted by molar-refractivity contribution is -0.0499. The van der Waals surface area contributed by atoms with E-state index in [1.807, 2.05) is 0 Å². The van der Waals surface area contributed by atoms with Crippen molar-refractivity contribution in [3.63, 3.8) is 0 Å². The number of benzene rings is 1. The monoisotopic (exact) mass is 227 g/mol. The molecule has 0 saturated carbocycles. The number of fused-ring (bicyclic) bond motifs is 1. The van der Waals surface area contributed by atoms with E-state index < -0.39 is 6.61 Å². The van der Waals surface area contributed by atoms with Gasteiger partial charge in [0.2, 0.25) is 0 Å². The number of nitrogens with two attached hydrogens (primary N) is 1. The molecular weight excluding hydrogens is 216 g/mol. The molecule has 2 N–H and O–H groups in total. The molecule has 1 aliphatic carbocycles. The molecule has 1 aromatic carbocycles. The number of hydrogen-bond acceptors (Lipinski definition) is 3. The average molecular weight is 227 g/mol. The fraction of sp³-hybridized carbons (Fsp3) is 0.364. The van der Waals surface area contributed by atoms with Crippen molar-refractivity contribution in [1.82, 2.24) is 0 Å². The predicted octanol–water partition coefficient (Wildman–Crippen LogP) is 2.26. The minimum Gasteiger partial charge on any atom is -0.435 e. The number of alkyl halides is 2. The van der Waals surface area contributed by atoms with Gasteiger partial charge in [-0.25, -0.2) is 0 Å². The number of Topliss-reactive ketones (excluding diaryl/α,β-unsaturated/α-hetero) is 1. The van der Waals surface area contributed by atoms with Crippen LogP contribution >= 0.6 is 0 Å². The standard InChI is InChI=1S/C11H11F2NO2/c12-11(13)16-6-1-2-7-8(5-6)10(15)4-3-9(7)14/h1-2,5,9,11H,3-4,14H2/t9-/m0/s1. The van der Waals surface area contributed by atoms with Gasteiger partial charge in [-0.15, -0.1) is 0 Å². The van der Waals surface area contributed by atoms with Crippen LogP contribution in [-0.4, -0.2) is 12.4 Å². The topological polar surface area (TPSA) is 52.3 Å². The second-order valence-corrected chi connectivity index (χ2v) is 3.70. The van der Waals surface area contributed by atoms with Crippen LogP contribution in [0.2, 0.25) is 0 Å². The minimum absolute atomic E-state index is 0.00352. The molecule has 0 bridgehead atoms. The molecule has 0 spiro atoms. The first kappa shape index (κ1) is 11.0. The van der Waals surface area contributed by atoms with Crippen molar-refractivity contribution >= 4 is 5.78 Å². The molecule has 0 amide bonds. The normalized spacial score (nSPS) is 19.8. The maximum Gasteiger partial charge on any atom is 0.387 e. The van der Waals surface area contributed by atoms with Crippen molar-refractivity contribution in [3.05, 3.63) is 29.3 Å². The van der Waals surface area contributed by atoms with Crippen LogP contribution in [0.1, 0.15) is 34.8 Å². The van der Waals surface area contributed by atoms with Gasteiger partial charge in [0.15, 0.2) is 5.78 Å². The van der Waals surface area contributed by atoms with E-state index in [9.17, 15) is 13.6 Å². The molecule has 0 radical (unpaired) electrons. The fourth-order valence-corrected chi connectivity index (χ4v) is 1.85. The van der Waals surface area contributed by atoms with Gasteiger partial charge in [0, 0.05) is 18.0 Å². The van der Waals surface area contributed by atoms with Crippen molar-refractivity contribution in [3.8, 4) is 5.75 Å². The number of ether oxygens (including phenoxy) is 1. The number of hydrogen-bond donors (Lipinski definition) is 1. The molecular formula is C11H11F2NO2. The Morgan fingerprint density at radius 3 is 2.88 bits per heavy atom. The van der Waals surface area contributed by atoms with Crippen molar-refractivity contribution < 1.29 is 18.3 Å². The number of carbonyl (C=O) groups excluding carboxylic acids is 1. The highest BCUT2D eigenvalue weighted by molar-refractivity contribution is 5.99. The molecule has 5 heteroatoms. The molecule has 0 unspecified atom stereocenters. The van der Waals surface area contributed by atoms with Crippen LogP contribution in [0.5, 0.6) is 5.75 Å². The smallest absolute Gasteiger partial charge is 0.387 e. The highest BCUT2D eigenvalue weighted by Gasteiger charge is 2.23. The quantitative estimate of drug-likeness (QED) is 0.843. The van der Waals surface area contributed by atoms with Crippen LogP contribution in [0.25, 0.3) is 0 Å². The molecule has 16 heavy (non-hydrogen) atoms. The Hall–Kier alpha value is -1.49. The van der Waals surface area contributed by atoms with E-state index in [-0.39, 0.29) is 17.6 Å². The second kappa shape index (κ2) is 4.17. The third-order valence-corrected chi connectivity index (χ3v) is 2.63. The summed E-state index contributed by atoms with van der Waals surface area (Å²) in [6, 6.07) is 4.12. The number of carbonyl (C=O) groups is 1.